The predicted octanol–water partition coefficient (Wildman–Crippen LogP) is 3.39. The van der Waals surface area contributed by atoms with Crippen molar-refractivity contribution < 1.29 is 4.92 Å². The van der Waals surface area contributed by atoms with Gasteiger partial charge in [0.2, 0.25) is 0 Å². The summed E-state index contributed by atoms with van der Waals surface area (Å²) in [4.78, 5) is 24.8. The summed E-state index contributed by atoms with van der Waals surface area (Å²) >= 11 is 6.17. The minimum Gasteiger partial charge on any atom is -0.355 e. The number of fused-ring (bicyclic) bond motifs is 1. The van der Waals surface area contributed by atoms with Crippen LogP contribution in [0.3, 0.4) is 0 Å². The fraction of sp³-hybridized carbons (Fsp3) is 0.308. The van der Waals surface area contributed by atoms with Gasteiger partial charge in [-0.15, -0.1) is 0 Å². The van der Waals surface area contributed by atoms with Gasteiger partial charge in [-0.1, -0.05) is 32.4 Å². The molecule has 1 N–H and O–H groups in total. The molecule has 100 valence electrons. The second kappa shape index (κ2) is 4.35. The number of aromatic nitrogens is 1. The Kier molecular flexibility index (Phi) is 3.10. The summed E-state index contributed by atoms with van der Waals surface area (Å²) in [6, 6.07) is 3.26. The topological polar surface area (TPSA) is 76.0 Å². The van der Waals surface area contributed by atoms with Crippen LogP contribution in [0.1, 0.15) is 26.3 Å². The molecule has 0 saturated carbocycles. The van der Waals surface area contributed by atoms with E-state index in [-0.39, 0.29) is 10.8 Å². The average Bonchev–Trinajstić information content (AvgIpc) is 2.27. The van der Waals surface area contributed by atoms with E-state index in [1.54, 1.807) is 6.07 Å². The molecule has 0 saturated heterocycles. The molecule has 0 unspecified atom stereocenters. The van der Waals surface area contributed by atoms with Crippen LogP contribution < -0.4 is 5.43 Å². The number of nitrogens with one attached hydrogen (secondary N) is 1. The van der Waals surface area contributed by atoms with Gasteiger partial charge in [0.15, 0.2) is 0 Å². The van der Waals surface area contributed by atoms with E-state index in [4.69, 9.17) is 11.6 Å². The molecule has 0 atom stereocenters. The number of benzene rings is 1. The van der Waals surface area contributed by atoms with Gasteiger partial charge in [0, 0.05) is 5.02 Å². The Hall–Kier alpha value is -1.88. The third-order valence-electron chi connectivity index (χ3n) is 2.95. The molecule has 1 heterocycles. The molecule has 0 fully saturated rings. The summed E-state index contributed by atoms with van der Waals surface area (Å²) < 4.78 is 0. The highest BCUT2D eigenvalue weighted by Gasteiger charge is 2.21. The fourth-order valence-electron chi connectivity index (χ4n) is 1.94. The van der Waals surface area contributed by atoms with Crippen molar-refractivity contribution in [2.75, 3.05) is 0 Å². The van der Waals surface area contributed by atoms with Gasteiger partial charge in [-0.25, -0.2) is 0 Å². The van der Waals surface area contributed by atoms with E-state index >= 15 is 0 Å². The quantitative estimate of drug-likeness (QED) is 0.642. The summed E-state index contributed by atoms with van der Waals surface area (Å²) in [5, 5.41) is 11.4. The Bertz CT molecular complexity index is 729. The zero-order chi connectivity index (χ0) is 14.4. The lowest BCUT2D eigenvalue weighted by Gasteiger charge is -2.21. The molecular weight excluding hydrogens is 268 g/mol. The number of hydrogen-bond donors (Lipinski definition) is 1. The molecule has 19 heavy (non-hydrogen) atoms. The summed E-state index contributed by atoms with van der Waals surface area (Å²) in [6.45, 7) is 6.01. The molecule has 1 aromatic heterocycles. The van der Waals surface area contributed by atoms with E-state index in [2.05, 4.69) is 4.98 Å². The first-order chi connectivity index (χ1) is 8.71. The van der Waals surface area contributed by atoms with Crippen LogP contribution in [-0.4, -0.2) is 9.91 Å². The number of hydrogen-bond acceptors (Lipinski definition) is 3. The largest absolute Gasteiger partial charge is 0.355 e. The van der Waals surface area contributed by atoms with Crippen molar-refractivity contribution in [2.24, 2.45) is 0 Å². The van der Waals surface area contributed by atoms with Crippen LogP contribution in [0.4, 0.5) is 5.69 Å². The zero-order valence-electron chi connectivity index (χ0n) is 10.8. The highest BCUT2D eigenvalue weighted by atomic mass is 35.5. The van der Waals surface area contributed by atoms with E-state index in [9.17, 15) is 14.9 Å². The van der Waals surface area contributed by atoms with Gasteiger partial charge in [-0.2, -0.15) is 0 Å². The van der Waals surface area contributed by atoms with Crippen LogP contribution in [-0.2, 0) is 5.41 Å². The fourth-order valence-corrected chi connectivity index (χ4v) is 2.39. The van der Waals surface area contributed by atoms with E-state index in [0.29, 0.717) is 10.5 Å². The average molecular weight is 281 g/mol. The Balaban J connectivity index is 2.83. The lowest BCUT2D eigenvalue weighted by molar-refractivity contribution is -0.386. The molecule has 2 aromatic rings. The maximum absolute atomic E-state index is 12.0. The third-order valence-corrected chi connectivity index (χ3v) is 3.27. The minimum absolute atomic E-state index is 0.177. The van der Waals surface area contributed by atoms with Crippen LogP contribution in [0.2, 0.25) is 5.02 Å². The highest BCUT2D eigenvalue weighted by molar-refractivity contribution is 6.32. The smallest absolute Gasteiger partial charge is 0.332 e. The Morgan fingerprint density at radius 1 is 1.32 bits per heavy atom. The maximum Gasteiger partial charge on any atom is 0.332 e. The number of halogens is 1. The van der Waals surface area contributed by atoms with Gasteiger partial charge in [0.1, 0.15) is 0 Å². The number of nitro groups is 1. The Morgan fingerprint density at radius 3 is 2.47 bits per heavy atom. The first kappa shape index (κ1) is 13.5. The molecular formula is C13H13ClN2O3. The molecule has 2 rings (SSSR count). The number of nitrogens with zero attached hydrogens (tertiary/aromatic N) is 1. The maximum atomic E-state index is 12.0. The van der Waals surface area contributed by atoms with Crippen molar-refractivity contribution in [3.8, 4) is 0 Å². The minimum atomic E-state index is -0.705. The molecule has 0 bridgehead atoms. The third kappa shape index (κ3) is 2.33. The van der Waals surface area contributed by atoms with Crippen LogP contribution >= 0.6 is 11.6 Å². The van der Waals surface area contributed by atoms with Crippen molar-refractivity contribution in [3.05, 3.63) is 49.3 Å². The molecule has 0 aliphatic rings. The molecule has 0 radical (unpaired) electrons. The number of aromatic amines is 1. The summed E-state index contributed by atoms with van der Waals surface area (Å²) in [5.74, 6) is 0. The molecule has 6 heteroatoms. The monoisotopic (exact) mass is 280 g/mol. The molecule has 0 amide bonds. The number of pyridine rings is 1. The Morgan fingerprint density at radius 2 is 1.95 bits per heavy atom. The predicted molar refractivity (Wildman–Crippen MR) is 74.9 cm³/mol. The lowest BCUT2D eigenvalue weighted by atomic mass is 9.86. The van der Waals surface area contributed by atoms with Gasteiger partial charge in [-0.05, 0) is 23.1 Å². The summed E-state index contributed by atoms with van der Waals surface area (Å²) in [6.07, 6.45) is 1.12. The lowest BCUT2D eigenvalue weighted by Crippen LogP contribution is -2.14. The van der Waals surface area contributed by atoms with Gasteiger partial charge >= 0.3 is 5.69 Å². The molecule has 0 aliphatic heterocycles. The number of H-pyrrole nitrogens is 1. The highest BCUT2D eigenvalue weighted by Crippen LogP contribution is 2.32. The molecule has 0 aliphatic carbocycles. The SMILES string of the molecule is CC(C)(C)c1cc2[nH]cc([N+](=O)[O-])c(=O)c2cc1Cl. The summed E-state index contributed by atoms with van der Waals surface area (Å²) in [5.41, 5.74) is 0.147. The van der Waals surface area contributed by atoms with Gasteiger partial charge in [0.05, 0.1) is 22.0 Å². The second-order valence-electron chi connectivity index (χ2n) is 5.39. The normalized spacial score (nSPS) is 11.8. The second-order valence-corrected chi connectivity index (χ2v) is 5.79. The van der Waals surface area contributed by atoms with Crippen molar-refractivity contribution >= 4 is 28.2 Å². The van der Waals surface area contributed by atoms with Gasteiger partial charge in [0.25, 0.3) is 5.43 Å². The van der Waals surface area contributed by atoms with Crippen LogP contribution in [0, 0.1) is 10.1 Å². The molecule has 1 aromatic carbocycles. The first-order valence-electron chi connectivity index (χ1n) is 5.71. The van der Waals surface area contributed by atoms with Crippen molar-refractivity contribution in [1.29, 1.82) is 0 Å². The standard InChI is InChI=1S/C13H13ClN2O3/c1-13(2,3)8-5-10-7(4-9(8)14)12(17)11(6-15-10)16(18)19/h4-6H,1-3H3,(H,15,17). The zero-order valence-corrected chi connectivity index (χ0v) is 11.5. The van der Waals surface area contributed by atoms with E-state index < -0.39 is 16.0 Å². The van der Waals surface area contributed by atoms with Gasteiger partial charge < -0.3 is 4.98 Å². The van der Waals surface area contributed by atoms with Crippen molar-refractivity contribution in [1.82, 2.24) is 4.98 Å². The molecule has 5 nitrogen and oxygen atoms in total. The van der Waals surface area contributed by atoms with Crippen LogP contribution in [0.5, 0.6) is 0 Å². The van der Waals surface area contributed by atoms with E-state index in [1.807, 2.05) is 20.8 Å². The summed E-state index contributed by atoms with van der Waals surface area (Å²) in [7, 11) is 0. The van der Waals surface area contributed by atoms with Crippen molar-refractivity contribution in [3.63, 3.8) is 0 Å². The van der Waals surface area contributed by atoms with Gasteiger partial charge in [-0.3, -0.25) is 14.9 Å². The molecule has 0 spiro atoms. The van der Waals surface area contributed by atoms with Crippen LogP contribution in [0.15, 0.2) is 23.1 Å². The van der Waals surface area contributed by atoms with E-state index in [0.717, 1.165) is 11.8 Å². The Labute approximate surface area is 114 Å². The number of rotatable bonds is 1. The van der Waals surface area contributed by atoms with E-state index in [1.165, 1.54) is 6.07 Å². The van der Waals surface area contributed by atoms with Crippen LogP contribution in [0.25, 0.3) is 10.9 Å². The first-order valence-corrected chi connectivity index (χ1v) is 6.09. The van der Waals surface area contributed by atoms with Crippen molar-refractivity contribution in [2.45, 2.75) is 26.2 Å².